The van der Waals surface area contributed by atoms with Gasteiger partial charge in [-0.25, -0.2) is 4.98 Å². The molecule has 20 heavy (non-hydrogen) atoms. The molecule has 0 saturated heterocycles. The Morgan fingerprint density at radius 1 is 1.50 bits per heavy atom. The number of amides is 1. The molecule has 0 aliphatic heterocycles. The van der Waals surface area contributed by atoms with Gasteiger partial charge in [0.2, 0.25) is 11.9 Å². The minimum Gasteiger partial charge on any atom is -0.383 e. The van der Waals surface area contributed by atoms with E-state index in [9.17, 15) is 4.79 Å². The van der Waals surface area contributed by atoms with Crippen LogP contribution in [0.5, 0.6) is 0 Å². The van der Waals surface area contributed by atoms with E-state index < -0.39 is 0 Å². The Labute approximate surface area is 116 Å². The molecule has 0 unspecified atom stereocenters. The SMILES string of the molecule is CCc1nn(C)c2c1nc(N)n2CC(=O)NCCOC. The zero-order valence-corrected chi connectivity index (χ0v) is 12.0. The Kier molecular flexibility index (Phi) is 4.23. The third-order valence-electron chi connectivity index (χ3n) is 3.09. The van der Waals surface area contributed by atoms with Crippen LogP contribution in [-0.4, -0.2) is 45.5 Å². The van der Waals surface area contributed by atoms with Gasteiger partial charge in [-0.3, -0.25) is 14.0 Å². The van der Waals surface area contributed by atoms with Crippen molar-refractivity contribution in [3.05, 3.63) is 5.69 Å². The van der Waals surface area contributed by atoms with E-state index >= 15 is 0 Å². The molecule has 0 bridgehead atoms. The van der Waals surface area contributed by atoms with Gasteiger partial charge in [0.05, 0.1) is 12.3 Å². The molecule has 1 amide bonds. The van der Waals surface area contributed by atoms with E-state index in [0.29, 0.717) is 19.1 Å². The predicted molar refractivity (Wildman–Crippen MR) is 75.2 cm³/mol. The molecule has 2 aromatic heterocycles. The molecule has 0 saturated carbocycles. The van der Waals surface area contributed by atoms with Crippen molar-refractivity contribution in [2.75, 3.05) is 26.0 Å². The molecule has 110 valence electrons. The van der Waals surface area contributed by atoms with E-state index in [1.807, 2.05) is 14.0 Å². The molecule has 0 fully saturated rings. The van der Waals surface area contributed by atoms with E-state index in [1.54, 1.807) is 16.4 Å². The highest BCUT2D eigenvalue weighted by Gasteiger charge is 2.18. The fourth-order valence-electron chi connectivity index (χ4n) is 2.14. The van der Waals surface area contributed by atoms with E-state index in [2.05, 4.69) is 15.4 Å². The molecule has 2 aromatic rings. The quantitative estimate of drug-likeness (QED) is 0.706. The number of nitrogens with two attached hydrogens (primary N) is 1. The Balaban J connectivity index is 2.23. The second kappa shape index (κ2) is 5.91. The summed E-state index contributed by atoms with van der Waals surface area (Å²) in [6.07, 6.45) is 0.772. The standard InChI is InChI=1S/C12H20N6O2/c1-4-8-10-11(17(2)16-8)18(12(13)15-10)7-9(19)14-5-6-20-3/h4-7H2,1-3H3,(H2,13,15)(H,14,19). The number of hydrogen-bond acceptors (Lipinski definition) is 5. The van der Waals surface area contributed by atoms with Crippen molar-refractivity contribution >= 4 is 23.0 Å². The number of nitrogens with zero attached hydrogens (tertiary/aromatic N) is 4. The summed E-state index contributed by atoms with van der Waals surface area (Å²) in [6.45, 7) is 3.08. The number of imidazole rings is 1. The first-order valence-electron chi connectivity index (χ1n) is 6.51. The first kappa shape index (κ1) is 14.3. The summed E-state index contributed by atoms with van der Waals surface area (Å²) >= 11 is 0. The number of carbonyl (C=O) groups excluding carboxylic acids is 1. The molecule has 0 atom stereocenters. The van der Waals surface area contributed by atoms with Crippen molar-refractivity contribution in [1.82, 2.24) is 24.6 Å². The number of aromatic nitrogens is 4. The molecule has 8 nitrogen and oxygen atoms in total. The molecular weight excluding hydrogens is 260 g/mol. The number of aryl methyl sites for hydroxylation is 2. The summed E-state index contributed by atoms with van der Waals surface area (Å²) in [5.74, 6) is 0.192. The van der Waals surface area contributed by atoms with Crippen LogP contribution < -0.4 is 11.1 Å². The number of ether oxygens (including phenoxy) is 1. The van der Waals surface area contributed by atoms with Crippen molar-refractivity contribution in [2.24, 2.45) is 7.05 Å². The molecule has 0 aromatic carbocycles. The maximum absolute atomic E-state index is 11.9. The summed E-state index contributed by atoms with van der Waals surface area (Å²) in [7, 11) is 3.41. The molecule has 0 radical (unpaired) electrons. The zero-order chi connectivity index (χ0) is 14.7. The van der Waals surface area contributed by atoms with Crippen molar-refractivity contribution in [1.29, 1.82) is 0 Å². The van der Waals surface area contributed by atoms with Gasteiger partial charge >= 0.3 is 0 Å². The molecule has 0 spiro atoms. The van der Waals surface area contributed by atoms with Crippen molar-refractivity contribution in [3.63, 3.8) is 0 Å². The van der Waals surface area contributed by atoms with Gasteiger partial charge in [0.25, 0.3) is 0 Å². The average Bonchev–Trinajstić information content (AvgIpc) is 2.89. The number of anilines is 1. The van der Waals surface area contributed by atoms with Crippen LogP contribution in [0.1, 0.15) is 12.6 Å². The minimum absolute atomic E-state index is 0.120. The van der Waals surface area contributed by atoms with Gasteiger partial charge in [-0.15, -0.1) is 0 Å². The molecule has 3 N–H and O–H groups in total. The van der Waals surface area contributed by atoms with Gasteiger partial charge in [-0.05, 0) is 6.42 Å². The lowest BCUT2D eigenvalue weighted by atomic mass is 10.3. The van der Waals surface area contributed by atoms with E-state index in [-0.39, 0.29) is 12.5 Å². The number of rotatable bonds is 6. The van der Waals surface area contributed by atoms with Crippen molar-refractivity contribution < 1.29 is 9.53 Å². The lowest BCUT2D eigenvalue weighted by Gasteiger charge is -2.07. The van der Waals surface area contributed by atoms with Gasteiger partial charge < -0.3 is 15.8 Å². The smallest absolute Gasteiger partial charge is 0.240 e. The van der Waals surface area contributed by atoms with Gasteiger partial charge in [-0.1, -0.05) is 6.92 Å². The van der Waals surface area contributed by atoms with Crippen LogP contribution in [0.2, 0.25) is 0 Å². The van der Waals surface area contributed by atoms with Crippen LogP contribution >= 0.6 is 0 Å². The maximum atomic E-state index is 11.9. The largest absolute Gasteiger partial charge is 0.383 e. The van der Waals surface area contributed by atoms with Crippen molar-refractivity contribution in [3.8, 4) is 0 Å². The highest BCUT2D eigenvalue weighted by atomic mass is 16.5. The second-order valence-electron chi connectivity index (χ2n) is 4.49. The Morgan fingerprint density at radius 2 is 2.25 bits per heavy atom. The monoisotopic (exact) mass is 280 g/mol. The van der Waals surface area contributed by atoms with Gasteiger partial charge in [-0.2, -0.15) is 5.10 Å². The third-order valence-corrected chi connectivity index (χ3v) is 3.09. The summed E-state index contributed by atoms with van der Waals surface area (Å²) in [5, 5.41) is 7.14. The number of nitrogens with one attached hydrogen (secondary N) is 1. The van der Waals surface area contributed by atoms with Crippen LogP contribution in [0.25, 0.3) is 11.2 Å². The Hall–Kier alpha value is -2.09. The number of carbonyl (C=O) groups is 1. The highest BCUT2D eigenvalue weighted by molar-refractivity contribution is 5.82. The Morgan fingerprint density at radius 3 is 2.90 bits per heavy atom. The first-order valence-corrected chi connectivity index (χ1v) is 6.51. The first-order chi connectivity index (χ1) is 9.58. The number of hydrogen-bond donors (Lipinski definition) is 2. The highest BCUT2D eigenvalue weighted by Crippen LogP contribution is 2.20. The molecule has 2 rings (SSSR count). The molecular formula is C12H20N6O2. The summed E-state index contributed by atoms with van der Waals surface area (Å²) in [5.41, 5.74) is 8.31. The molecule has 2 heterocycles. The topological polar surface area (TPSA) is 100.0 Å². The third kappa shape index (κ3) is 2.60. The van der Waals surface area contributed by atoms with E-state index in [1.165, 1.54) is 0 Å². The van der Waals surface area contributed by atoms with Crippen LogP contribution in [-0.2, 0) is 29.5 Å². The maximum Gasteiger partial charge on any atom is 0.240 e. The van der Waals surface area contributed by atoms with Gasteiger partial charge in [0.15, 0.2) is 5.65 Å². The number of methoxy groups -OCH3 is 1. The van der Waals surface area contributed by atoms with Gasteiger partial charge in [0, 0.05) is 20.7 Å². The average molecular weight is 280 g/mol. The normalized spacial score (nSPS) is 11.2. The predicted octanol–water partition coefficient (Wildman–Crippen LogP) is -0.323. The molecule has 8 heteroatoms. The molecule has 0 aliphatic rings. The lowest BCUT2D eigenvalue weighted by Crippen LogP contribution is -2.30. The molecule has 0 aliphatic carbocycles. The minimum atomic E-state index is -0.132. The van der Waals surface area contributed by atoms with Gasteiger partial charge in [0.1, 0.15) is 12.1 Å². The zero-order valence-electron chi connectivity index (χ0n) is 12.0. The second-order valence-corrected chi connectivity index (χ2v) is 4.49. The Bertz CT molecular complexity index is 615. The van der Waals surface area contributed by atoms with Crippen LogP contribution in [0.3, 0.4) is 0 Å². The fraction of sp³-hybridized carbons (Fsp3) is 0.583. The van der Waals surface area contributed by atoms with Crippen LogP contribution in [0.4, 0.5) is 5.95 Å². The van der Waals surface area contributed by atoms with E-state index in [0.717, 1.165) is 23.3 Å². The lowest BCUT2D eigenvalue weighted by molar-refractivity contribution is -0.121. The van der Waals surface area contributed by atoms with Crippen molar-refractivity contribution in [2.45, 2.75) is 19.9 Å². The fourth-order valence-corrected chi connectivity index (χ4v) is 2.14. The summed E-state index contributed by atoms with van der Waals surface area (Å²) in [6, 6.07) is 0. The summed E-state index contributed by atoms with van der Waals surface area (Å²) in [4.78, 5) is 16.2. The number of fused-ring (bicyclic) bond motifs is 1. The van der Waals surface area contributed by atoms with E-state index in [4.69, 9.17) is 10.5 Å². The van der Waals surface area contributed by atoms with Crippen LogP contribution in [0.15, 0.2) is 0 Å². The van der Waals surface area contributed by atoms with Crippen LogP contribution in [0, 0.1) is 0 Å². The summed E-state index contributed by atoms with van der Waals surface area (Å²) < 4.78 is 8.26. The number of nitrogen functional groups attached to an aromatic ring is 1.